The van der Waals surface area contributed by atoms with Crippen molar-refractivity contribution in [2.75, 3.05) is 4.43 Å². The van der Waals surface area contributed by atoms with Gasteiger partial charge in [0.05, 0.1) is 8.00 Å². The maximum atomic E-state index is 11.1. The summed E-state index contributed by atoms with van der Waals surface area (Å²) in [5.74, 6) is -1.45. The van der Waals surface area contributed by atoms with Crippen molar-refractivity contribution in [1.82, 2.24) is 0 Å². The SMILES string of the molecule is O=C(CI)Oc1c(I)cccc1C(=O)O. The van der Waals surface area contributed by atoms with Crippen molar-refractivity contribution in [3.8, 4) is 5.75 Å². The smallest absolute Gasteiger partial charge is 0.339 e. The van der Waals surface area contributed by atoms with Gasteiger partial charge in [-0.25, -0.2) is 4.79 Å². The van der Waals surface area contributed by atoms with Crippen molar-refractivity contribution in [2.24, 2.45) is 0 Å². The summed E-state index contributed by atoms with van der Waals surface area (Å²) in [6, 6.07) is 4.69. The van der Waals surface area contributed by atoms with Gasteiger partial charge in [-0.05, 0) is 34.7 Å². The molecule has 0 saturated heterocycles. The lowest BCUT2D eigenvalue weighted by atomic mass is 10.2. The minimum Gasteiger partial charge on any atom is -0.478 e. The van der Waals surface area contributed by atoms with Crippen molar-refractivity contribution in [2.45, 2.75) is 0 Å². The van der Waals surface area contributed by atoms with Gasteiger partial charge in [0.15, 0.2) is 5.75 Å². The van der Waals surface area contributed by atoms with E-state index in [0.29, 0.717) is 3.57 Å². The van der Waals surface area contributed by atoms with Crippen molar-refractivity contribution >= 4 is 57.1 Å². The van der Waals surface area contributed by atoms with E-state index in [0.717, 1.165) is 0 Å². The predicted octanol–water partition coefficient (Wildman–Crippen LogP) is 2.33. The van der Waals surface area contributed by atoms with Gasteiger partial charge in [-0.3, -0.25) is 4.79 Å². The molecule has 0 unspecified atom stereocenters. The molecule has 0 atom stereocenters. The summed E-state index contributed by atoms with van der Waals surface area (Å²) in [5, 5.41) is 8.88. The zero-order valence-corrected chi connectivity index (χ0v) is 11.7. The Morgan fingerprint density at radius 3 is 2.60 bits per heavy atom. The molecule has 0 amide bonds. The first-order valence-electron chi connectivity index (χ1n) is 3.84. The number of carbonyl (C=O) groups excluding carboxylic acids is 1. The number of esters is 1. The average Bonchev–Trinajstić information content (AvgIpc) is 2.20. The van der Waals surface area contributed by atoms with Crippen LogP contribution in [-0.2, 0) is 4.79 Å². The first kappa shape index (κ1) is 12.7. The highest BCUT2D eigenvalue weighted by Gasteiger charge is 2.16. The van der Waals surface area contributed by atoms with E-state index in [4.69, 9.17) is 9.84 Å². The van der Waals surface area contributed by atoms with Crippen LogP contribution in [0.15, 0.2) is 18.2 Å². The molecular weight excluding hydrogens is 426 g/mol. The van der Waals surface area contributed by atoms with Gasteiger partial charge in [-0.1, -0.05) is 28.7 Å². The van der Waals surface area contributed by atoms with Gasteiger partial charge in [0.1, 0.15) is 5.56 Å². The first-order valence-corrected chi connectivity index (χ1v) is 6.45. The van der Waals surface area contributed by atoms with Crippen molar-refractivity contribution in [3.63, 3.8) is 0 Å². The number of halogens is 2. The molecule has 6 heteroatoms. The molecule has 1 rings (SSSR count). The van der Waals surface area contributed by atoms with Gasteiger partial charge in [0.2, 0.25) is 0 Å². The van der Waals surface area contributed by atoms with Crippen LogP contribution in [0, 0.1) is 3.57 Å². The molecule has 0 fully saturated rings. The fourth-order valence-electron chi connectivity index (χ4n) is 0.922. The molecule has 15 heavy (non-hydrogen) atoms. The largest absolute Gasteiger partial charge is 0.478 e. The van der Waals surface area contributed by atoms with E-state index < -0.39 is 11.9 Å². The molecule has 80 valence electrons. The summed E-state index contributed by atoms with van der Waals surface area (Å²) in [6.07, 6.45) is 0. The van der Waals surface area contributed by atoms with Gasteiger partial charge in [0, 0.05) is 0 Å². The Balaban J connectivity index is 3.13. The van der Waals surface area contributed by atoms with Gasteiger partial charge < -0.3 is 9.84 Å². The molecule has 0 heterocycles. The highest BCUT2D eigenvalue weighted by atomic mass is 127. The topological polar surface area (TPSA) is 63.6 Å². The second kappa shape index (κ2) is 5.64. The third kappa shape index (κ3) is 3.30. The summed E-state index contributed by atoms with van der Waals surface area (Å²) in [7, 11) is 0. The number of para-hydroxylation sites is 1. The van der Waals surface area contributed by atoms with Crippen LogP contribution in [0.4, 0.5) is 0 Å². The number of benzene rings is 1. The average molecular weight is 432 g/mol. The molecular formula is C9H6I2O4. The summed E-state index contributed by atoms with van der Waals surface area (Å²) in [6.45, 7) is 0. The number of carboxylic acid groups (broad SMARTS) is 1. The Labute approximate surface area is 113 Å². The molecule has 0 bridgehead atoms. The highest BCUT2D eigenvalue weighted by Crippen LogP contribution is 2.25. The zero-order chi connectivity index (χ0) is 11.4. The monoisotopic (exact) mass is 432 g/mol. The molecule has 0 aliphatic rings. The van der Waals surface area contributed by atoms with Crippen LogP contribution in [0.25, 0.3) is 0 Å². The Bertz CT molecular complexity index is 403. The molecule has 0 saturated carbocycles. The Hall–Kier alpha value is -0.380. The number of alkyl halides is 1. The van der Waals surface area contributed by atoms with Crippen LogP contribution >= 0.6 is 45.2 Å². The second-order valence-corrected chi connectivity index (χ2v) is 4.45. The quantitative estimate of drug-likeness (QED) is 0.345. The predicted molar refractivity (Wildman–Crippen MR) is 70.6 cm³/mol. The van der Waals surface area contributed by atoms with Gasteiger partial charge in [-0.15, -0.1) is 0 Å². The summed E-state index contributed by atoms with van der Waals surface area (Å²) in [4.78, 5) is 21.9. The van der Waals surface area contributed by atoms with Crippen LogP contribution in [0.2, 0.25) is 0 Å². The van der Waals surface area contributed by atoms with E-state index in [-0.39, 0.29) is 15.7 Å². The fraction of sp³-hybridized carbons (Fsp3) is 0.111. The summed E-state index contributed by atoms with van der Waals surface area (Å²) >= 11 is 3.78. The van der Waals surface area contributed by atoms with E-state index in [1.165, 1.54) is 6.07 Å². The maximum absolute atomic E-state index is 11.1. The van der Waals surface area contributed by atoms with E-state index in [1.54, 1.807) is 12.1 Å². The van der Waals surface area contributed by atoms with E-state index in [9.17, 15) is 9.59 Å². The standard InChI is InChI=1S/C9H6I2O4/c10-4-7(12)15-8-5(9(13)14)2-1-3-6(8)11/h1-3H,4H2,(H,13,14). The number of rotatable bonds is 3. The van der Waals surface area contributed by atoms with Crippen LogP contribution < -0.4 is 4.74 Å². The highest BCUT2D eigenvalue weighted by molar-refractivity contribution is 14.1. The zero-order valence-electron chi connectivity index (χ0n) is 7.37. The third-order valence-corrected chi connectivity index (χ3v) is 2.99. The maximum Gasteiger partial charge on any atom is 0.339 e. The van der Waals surface area contributed by atoms with Crippen molar-refractivity contribution < 1.29 is 19.4 Å². The molecule has 0 aliphatic carbocycles. The van der Waals surface area contributed by atoms with Crippen molar-refractivity contribution in [3.05, 3.63) is 27.3 Å². The summed E-state index contributed by atoms with van der Waals surface area (Å²) < 4.78 is 5.74. The molecule has 0 spiro atoms. The molecule has 0 aliphatic heterocycles. The van der Waals surface area contributed by atoms with E-state index in [2.05, 4.69) is 0 Å². The number of hydrogen-bond acceptors (Lipinski definition) is 3. The van der Waals surface area contributed by atoms with Gasteiger partial charge in [0.25, 0.3) is 0 Å². The number of hydrogen-bond donors (Lipinski definition) is 1. The third-order valence-electron chi connectivity index (χ3n) is 1.52. The number of carbonyl (C=O) groups is 2. The number of ether oxygens (including phenoxy) is 1. The van der Waals surface area contributed by atoms with Crippen LogP contribution in [0.5, 0.6) is 5.75 Å². The Kier molecular flexibility index (Phi) is 4.77. The minimum atomic E-state index is -1.11. The molecule has 1 aromatic carbocycles. The lowest BCUT2D eigenvalue weighted by molar-refractivity contribution is -0.131. The van der Waals surface area contributed by atoms with Gasteiger partial charge in [-0.2, -0.15) is 0 Å². The number of carboxylic acids is 1. The molecule has 1 aromatic rings. The molecule has 4 nitrogen and oxygen atoms in total. The Morgan fingerprint density at radius 2 is 2.07 bits per heavy atom. The molecule has 1 N–H and O–H groups in total. The lowest BCUT2D eigenvalue weighted by Crippen LogP contribution is -2.12. The summed E-state index contributed by atoms with van der Waals surface area (Å²) in [5.41, 5.74) is 0.0000926. The molecule has 0 radical (unpaired) electrons. The fourth-order valence-corrected chi connectivity index (χ4v) is 1.69. The van der Waals surface area contributed by atoms with Gasteiger partial charge >= 0.3 is 11.9 Å². The molecule has 0 aromatic heterocycles. The first-order chi connectivity index (χ1) is 7.06. The second-order valence-electron chi connectivity index (χ2n) is 2.53. The van der Waals surface area contributed by atoms with Crippen LogP contribution in [0.3, 0.4) is 0 Å². The number of aromatic carboxylic acids is 1. The minimum absolute atomic E-state index is 0.0000926. The normalized spacial score (nSPS) is 9.73. The lowest BCUT2D eigenvalue weighted by Gasteiger charge is -2.07. The van der Waals surface area contributed by atoms with E-state index >= 15 is 0 Å². The van der Waals surface area contributed by atoms with Crippen LogP contribution in [-0.4, -0.2) is 21.5 Å². The van der Waals surface area contributed by atoms with E-state index in [1.807, 2.05) is 45.2 Å². The van der Waals surface area contributed by atoms with Crippen LogP contribution in [0.1, 0.15) is 10.4 Å². The van der Waals surface area contributed by atoms with Crippen molar-refractivity contribution in [1.29, 1.82) is 0 Å². The Morgan fingerprint density at radius 1 is 1.40 bits per heavy atom.